The van der Waals surface area contributed by atoms with Crippen LogP contribution in [0.4, 0.5) is 4.39 Å². The van der Waals surface area contributed by atoms with Crippen molar-refractivity contribution in [3.05, 3.63) is 29.6 Å². The number of aliphatic hydroxyl groups is 1. The molecular formula is C14H22FNO2. The van der Waals surface area contributed by atoms with Crippen molar-refractivity contribution in [2.75, 3.05) is 19.8 Å². The van der Waals surface area contributed by atoms with E-state index in [9.17, 15) is 4.39 Å². The summed E-state index contributed by atoms with van der Waals surface area (Å²) in [7, 11) is 0. The predicted octanol–water partition coefficient (Wildman–Crippen LogP) is 2.48. The van der Waals surface area contributed by atoms with Gasteiger partial charge in [-0.05, 0) is 43.5 Å². The first-order valence-corrected chi connectivity index (χ1v) is 6.50. The van der Waals surface area contributed by atoms with E-state index >= 15 is 0 Å². The van der Waals surface area contributed by atoms with E-state index in [2.05, 4.69) is 5.32 Å². The van der Waals surface area contributed by atoms with Gasteiger partial charge >= 0.3 is 0 Å². The zero-order chi connectivity index (χ0) is 13.2. The van der Waals surface area contributed by atoms with Gasteiger partial charge in [0.15, 0.2) is 0 Å². The fraction of sp³-hybridized carbons (Fsp3) is 0.571. The number of hydrogen-bond donors (Lipinski definition) is 2. The lowest BCUT2D eigenvalue weighted by molar-refractivity contribution is 0.265. The topological polar surface area (TPSA) is 41.5 Å². The number of hydrogen-bond acceptors (Lipinski definition) is 3. The first-order valence-electron chi connectivity index (χ1n) is 6.50. The number of ether oxygens (including phenoxy) is 1. The number of halogens is 1. The summed E-state index contributed by atoms with van der Waals surface area (Å²) in [6, 6.07) is 4.78. The molecular weight excluding hydrogens is 233 g/mol. The van der Waals surface area contributed by atoms with E-state index in [1.54, 1.807) is 0 Å². The predicted molar refractivity (Wildman–Crippen MR) is 70.2 cm³/mol. The highest BCUT2D eigenvalue weighted by atomic mass is 19.1. The van der Waals surface area contributed by atoms with Crippen LogP contribution in [-0.2, 0) is 6.54 Å². The number of benzene rings is 1. The van der Waals surface area contributed by atoms with Gasteiger partial charge < -0.3 is 15.2 Å². The van der Waals surface area contributed by atoms with Crippen LogP contribution in [0.25, 0.3) is 0 Å². The highest BCUT2D eigenvalue weighted by Gasteiger charge is 2.01. The maximum absolute atomic E-state index is 13.3. The SMILES string of the molecule is CCNCc1cc(F)cc(OCCCCCO)c1. The van der Waals surface area contributed by atoms with E-state index in [4.69, 9.17) is 9.84 Å². The lowest BCUT2D eigenvalue weighted by Gasteiger charge is -2.09. The highest BCUT2D eigenvalue weighted by Crippen LogP contribution is 2.17. The molecule has 1 aromatic rings. The van der Waals surface area contributed by atoms with Crippen LogP contribution < -0.4 is 10.1 Å². The third kappa shape index (κ3) is 5.98. The lowest BCUT2D eigenvalue weighted by atomic mass is 10.2. The summed E-state index contributed by atoms with van der Waals surface area (Å²) in [5.41, 5.74) is 0.891. The standard InChI is InChI=1S/C14H22FNO2/c1-2-16-11-12-8-13(15)10-14(9-12)18-7-5-3-4-6-17/h8-10,16-17H,2-7,11H2,1H3. The molecule has 0 aliphatic carbocycles. The molecule has 0 saturated heterocycles. The number of rotatable bonds is 9. The minimum atomic E-state index is -0.268. The molecule has 1 aromatic carbocycles. The Kier molecular flexibility index (Phi) is 7.37. The van der Waals surface area contributed by atoms with Crippen molar-refractivity contribution in [1.29, 1.82) is 0 Å². The molecule has 0 aromatic heterocycles. The Labute approximate surface area is 108 Å². The van der Waals surface area contributed by atoms with Crippen LogP contribution in [0.15, 0.2) is 18.2 Å². The second-order valence-electron chi connectivity index (χ2n) is 4.21. The smallest absolute Gasteiger partial charge is 0.127 e. The van der Waals surface area contributed by atoms with Crippen molar-refractivity contribution in [1.82, 2.24) is 5.32 Å². The van der Waals surface area contributed by atoms with Crippen LogP contribution in [0, 0.1) is 5.82 Å². The van der Waals surface area contributed by atoms with Gasteiger partial charge in [0.25, 0.3) is 0 Å². The third-order valence-corrected chi connectivity index (χ3v) is 2.58. The number of aliphatic hydroxyl groups excluding tert-OH is 1. The van der Waals surface area contributed by atoms with Gasteiger partial charge in [-0.2, -0.15) is 0 Å². The van der Waals surface area contributed by atoms with Crippen molar-refractivity contribution < 1.29 is 14.2 Å². The molecule has 0 radical (unpaired) electrons. The van der Waals surface area contributed by atoms with E-state index < -0.39 is 0 Å². The molecule has 18 heavy (non-hydrogen) atoms. The Bertz CT molecular complexity index is 345. The van der Waals surface area contributed by atoms with Gasteiger partial charge in [0.1, 0.15) is 11.6 Å². The van der Waals surface area contributed by atoms with E-state index in [-0.39, 0.29) is 12.4 Å². The Balaban J connectivity index is 2.41. The quantitative estimate of drug-likeness (QED) is 0.666. The Morgan fingerprint density at radius 2 is 2.06 bits per heavy atom. The van der Waals surface area contributed by atoms with Gasteiger partial charge in [-0.3, -0.25) is 0 Å². The summed E-state index contributed by atoms with van der Waals surface area (Å²) >= 11 is 0. The average molecular weight is 255 g/mol. The van der Waals surface area contributed by atoms with Crippen molar-refractivity contribution in [3.8, 4) is 5.75 Å². The van der Waals surface area contributed by atoms with Crippen molar-refractivity contribution in [2.45, 2.75) is 32.7 Å². The van der Waals surface area contributed by atoms with Crippen LogP contribution in [0.1, 0.15) is 31.7 Å². The first-order chi connectivity index (χ1) is 8.76. The molecule has 0 saturated carbocycles. The molecule has 0 unspecified atom stereocenters. The van der Waals surface area contributed by atoms with Crippen LogP contribution in [0.2, 0.25) is 0 Å². The normalized spacial score (nSPS) is 10.6. The van der Waals surface area contributed by atoms with Crippen LogP contribution in [-0.4, -0.2) is 24.9 Å². The molecule has 0 amide bonds. The van der Waals surface area contributed by atoms with Gasteiger partial charge in [0.05, 0.1) is 6.61 Å². The minimum absolute atomic E-state index is 0.215. The van der Waals surface area contributed by atoms with Crippen LogP contribution >= 0.6 is 0 Å². The maximum atomic E-state index is 13.3. The van der Waals surface area contributed by atoms with Crippen molar-refractivity contribution >= 4 is 0 Å². The Morgan fingerprint density at radius 1 is 1.22 bits per heavy atom. The third-order valence-electron chi connectivity index (χ3n) is 2.58. The molecule has 0 fully saturated rings. The summed E-state index contributed by atoms with van der Waals surface area (Å²) < 4.78 is 18.8. The molecule has 102 valence electrons. The maximum Gasteiger partial charge on any atom is 0.127 e. The number of unbranched alkanes of at least 4 members (excludes halogenated alkanes) is 2. The molecule has 0 spiro atoms. The summed E-state index contributed by atoms with van der Waals surface area (Å²) in [4.78, 5) is 0. The molecule has 0 aliphatic heterocycles. The second-order valence-corrected chi connectivity index (χ2v) is 4.21. The lowest BCUT2D eigenvalue weighted by Crippen LogP contribution is -2.12. The summed E-state index contributed by atoms with van der Waals surface area (Å²) in [5, 5.41) is 11.8. The van der Waals surface area contributed by atoms with Gasteiger partial charge in [-0.1, -0.05) is 6.92 Å². The molecule has 0 atom stereocenters. The fourth-order valence-corrected chi connectivity index (χ4v) is 1.66. The molecule has 2 N–H and O–H groups in total. The molecule has 0 heterocycles. The number of nitrogens with one attached hydrogen (secondary N) is 1. The average Bonchev–Trinajstić information content (AvgIpc) is 2.35. The van der Waals surface area contributed by atoms with Crippen LogP contribution in [0.3, 0.4) is 0 Å². The molecule has 0 aliphatic rings. The molecule has 1 rings (SSSR count). The fourth-order valence-electron chi connectivity index (χ4n) is 1.66. The van der Waals surface area contributed by atoms with Gasteiger partial charge in [-0.25, -0.2) is 4.39 Å². The Morgan fingerprint density at radius 3 is 2.78 bits per heavy atom. The van der Waals surface area contributed by atoms with Gasteiger partial charge in [-0.15, -0.1) is 0 Å². The summed E-state index contributed by atoms with van der Waals surface area (Å²) in [5.74, 6) is 0.308. The van der Waals surface area contributed by atoms with Gasteiger partial charge in [0, 0.05) is 19.2 Å². The van der Waals surface area contributed by atoms with Crippen molar-refractivity contribution in [2.24, 2.45) is 0 Å². The Hall–Kier alpha value is -1.13. The van der Waals surface area contributed by atoms with Gasteiger partial charge in [0.2, 0.25) is 0 Å². The van der Waals surface area contributed by atoms with Crippen LogP contribution in [0.5, 0.6) is 5.75 Å². The first kappa shape index (κ1) is 14.9. The highest BCUT2D eigenvalue weighted by molar-refractivity contribution is 5.29. The zero-order valence-corrected chi connectivity index (χ0v) is 10.9. The zero-order valence-electron chi connectivity index (χ0n) is 10.9. The largest absolute Gasteiger partial charge is 0.493 e. The minimum Gasteiger partial charge on any atom is -0.493 e. The van der Waals surface area contributed by atoms with E-state index in [1.807, 2.05) is 13.0 Å². The molecule has 3 nitrogen and oxygen atoms in total. The molecule has 4 heteroatoms. The van der Waals surface area contributed by atoms with E-state index in [0.29, 0.717) is 18.9 Å². The van der Waals surface area contributed by atoms with E-state index in [0.717, 1.165) is 31.4 Å². The summed E-state index contributed by atoms with van der Waals surface area (Å²) in [6.07, 6.45) is 2.59. The van der Waals surface area contributed by atoms with E-state index in [1.165, 1.54) is 12.1 Å². The molecule has 0 bridgehead atoms. The second kappa shape index (κ2) is 8.89. The van der Waals surface area contributed by atoms with Crippen molar-refractivity contribution in [3.63, 3.8) is 0 Å². The monoisotopic (exact) mass is 255 g/mol. The summed E-state index contributed by atoms with van der Waals surface area (Å²) in [6.45, 7) is 4.29.